The molecule has 2 aliphatic rings. The number of Topliss-reactive ketones (excluding diaryl/α,β-unsaturated/α-hetero) is 1. The van der Waals surface area contributed by atoms with Gasteiger partial charge in [0.2, 0.25) is 0 Å². The Hall–Kier alpha value is -0.410. The van der Waals surface area contributed by atoms with Gasteiger partial charge >= 0.3 is 0 Å². The molecule has 0 amide bonds. The normalized spacial score (nSPS) is 35.6. The molecule has 0 N–H and O–H groups in total. The van der Waals surface area contributed by atoms with E-state index in [9.17, 15) is 4.79 Å². The molecule has 1 aliphatic heterocycles. The van der Waals surface area contributed by atoms with Crippen LogP contribution < -0.4 is 0 Å². The first-order valence-corrected chi connectivity index (χ1v) is 7.56. The zero-order valence-corrected chi connectivity index (χ0v) is 12.2. The molecule has 3 unspecified atom stereocenters. The summed E-state index contributed by atoms with van der Waals surface area (Å²) < 4.78 is 0. The highest BCUT2D eigenvalue weighted by Crippen LogP contribution is 2.34. The van der Waals surface area contributed by atoms with E-state index >= 15 is 0 Å². The van der Waals surface area contributed by atoms with E-state index in [0.717, 1.165) is 26.1 Å². The molecular weight excluding hydrogens is 224 g/mol. The van der Waals surface area contributed by atoms with Crippen molar-refractivity contribution in [2.75, 3.05) is 33.7 Å². The maximum absolute atomic E-state index is 12.8. The molecule has 0 aromatic carbocycles. The number of rotatable bonds is 3. The standard InChI is InChI=1S/C15H28N2O/c1-4-12-7-5-6-8-13(12)15(18)14-11-16(2)9-10-17(14)3/h12-14H,4-11H2,1-3H3. The van der Waals surface area contributed by atoms with Gasteiger partial charge in [-0.15, -0.1) is 0 Å². The molecule has 2 fully saturated rings. The Bertz CT molecular complexity index is 288. The minimum Gasteiger partial charge on any atom is -0.303 e. The van der Waals surface area contributed by atoms with Crippen LogP contribution in [0.1, 0.15) is 39.0 Å². The van der Waals surface area contributed by atoms with Crippen molar-refractivity contribution in [2.45, 2.75) is 45.1 Å². The molecule has 0 aromatic rings. The van der Waals surface area contributed by atoms with Crippen LogP contribution in [0.15, 0.2) is 0 Å². The maximum Gasteiger partial charge on any atom is 0.154 e. The molecule has 3 nitrogen and oxygen atoms in total. The highest BCUT2D eigenvalue weighted by Gasteiger charge is 2.37. The van der Waals surface area contributed by atoms with Crippen LogP contribution in [0.5, 0.6) is 0 Å². The second-order valence-corrected chi connectivity index (χ2v) is 6.22. The summed E-state index contributed by atoms with van der Waals surface area (Å²) in [6.45, 7) is 5.27. The van der Waals surface area contributed by atoms with Crippen LogP contribution in [0.2, 0.25) is 0 Å². The fraction of sp³-hybridized carbons (Fsp3) is 0.933. The predicted molar refractivity (Wildman–Crippen MR) is 74.7 cm³/mol. The summed E-state index contributed by atoms with van der Waals surface area (Å²) in [7, 11) is 4.24. The molecule has 1 aliphatic carbocycles. The van der Waals surface area contributed by atoms with Crippen molar-refractivity contribution >= 4 is 5.78 Å². The highest BCUT2D eigenvalue weighted by molar-refractivity contribution is 5.87. The summed E-state index contributed by atoms with van der Waals surface area (Å²) >= 11 is 0. The fourth-order valence-corrected chi connectivity index (χ4v) is 3.64. The van der Waals surface area contributed by atoms with E-state index in [2.05, 4.69) is 30.8 Å². The first kappa shape index (κ1) is 14.0. The van der Waals surface area contributed by atoms with Gasteiger partial charge in [0.1, 0.15) is 0 Å². The third-order valence-corrected chi connectivity index (χ3v) is 4.98. The summed E-state index contributed by atoms with van der Waals surface area (Å²) in [5.74, 6) is 1.50. The van der Waals surface area contributed by atoms with Crippen molar-refractivity contribution in [3.05, 3.63) is 0 Å². The Morgan fingerprint density at radius 3 is 2.61 bits per heavy atom. The molecular formula is C15H28N2O. The Balaban J connectivity index is 2.04. The molecule has 1 heterocycles. The molecule has 0 bridgehead atoms. The van der Waals surface area contributed by atoms with Gasteiger partial charge in [0, 0.05) is 25.6 Å². The number of hydrogen-bond donors (Lipinski definition) is 0. The first-order chi connectivity index (χ1) is 8.63. The quantitative estimate of drug-likeness (QED) is 0.768. The zero-order chi connectivity index (χ0) is 13.1. The summed E-state index contributed by atoms with van der Waals surface area (Å²) in [4.78, 5) is 17.4. The number of ketones is 1. The van der Waals surface area contributed by atoms with Crippen molar-refractivity contribution in [3.8, 4) is 0 Å². The zero-order valence-electron chi connectivity index (χ0n) is 12.2. The van der Waals surface area contributed by atoms with Gasteiger partial charge in [0.25, 0.3) is 0 Å². The lowest BCUT2D eigenvalue weighted by molar-refractivity contribution is -0.132. The lowest BCUT2D eigenvalue weighted by Crippen LogP contribution is -2.55. The lowest BCUT2D eigenvalue weighted by Gasteiger charge is -2.40. The van der Waals surface area contributed by atoms with E-state index in [1.807, 2.05) is 0 Å². The molecule has 18 heavy (non-hydrogen) atoms. The van der Waals surface area contributed by atoms with Gasteiger partial charge in [-0.05, 0) is 32.9 Å². The van der Waals surface area contributed by atoms with E-state index in [0.29, 0.717) is 17.6 Å². The van der Waals surface area contributed by atoms with Crippen LogP contribution in [0.25, 0.3) is 0 Å². The molecule has 0 aromatic heterocycles. The van der Waals surface area contributed by atoms with Crippen molar-refractivity contribution < 1.29 is 4.79 Å². The molecule has 2 rings (SSSR count). The van der Waals surface area contributed by atoms with Crippen LogP contribution in [0.3, 0.4) is 0 Å². The SMILES string of the molecule is CCC1CCCCC1C(=O)C1CN(C)CCN1C. The van der Waals surface area contributed by atoms with E-state index in [-0.39, 0.29) is 6.04 Å². The van der Waals surface area contributed by atoms with Crippen LogP contribution in [0, 0.1) is 11.8 Å². The summed E-state index contributed by atoms with van der Waals surface area (Å²) in [6.07, 6.45) is 6.13. The molecule has 104 valence electrons. The van der Waals surface area contributed by atoms with Gasteiger partial charge in [-0.25, -0.2) is 0 Å². The number of carbonyl (C=O) groups excluding carboxylic acids is 1. The van der Waals surface area contributed by atoms with Gasteiger partial charge < -0.3 is 4.90 Å². The Labute approximate surface area is 112 Å². The number of piperazine rings is 1. The second kappa shape index (κ2) is 6.16. The lowest BCUT2D eigenvalue weighted by atomic mass is 9.74. The molecule has 3 heteroatoms. The molecule has 3 atom stereocenters. The Morgan fingerprint density at radius 1 is 1.17 bits per heavy atom. The Morgan fingerprint density at radius 2 is 1.89 bits per heavy atom. The largest absolute Gasteiger partial charge is 0.303 e. The summed E-state index contributed by atoms with van der Waals surface area (Å²) in [6, 6.07) is 0.140. The molecule has 1 saturated carbocycles. The fourth-order valence-electron chi connectivity index (χ4n) is 3.64. The van der Waals surface area contributed by atoms with Crippen LogP contribution in [-0.4, -0.2) is 55.4 Å². The predicted octanol–water partition coefficient (Wildman–Crippen LogP) is 2.02. The number of likely N-dealkylation sites (N-methyl/N-ethyl adjacent to an activating group) is 2. The van der Waals surface area contributed by atoms with E-state index < -0.39 is 0 Å². The first-order valence-electron chi connectivity index (χ1n) is 7.56. The van der Waals surface area contributed by atoms with Crippen molar-refractivity contribution in [2.24, 2.45) is 11.8 Å². The number of nitrogens with zero attached hydrogens (tertiary/aromatic N) is 2. The summed E-state index contributed by atoms with van der Waals surface area (Å²) in [5, 5.41) is 0. The van der Waals surface area contributed by atoms with Gasteiger partial charge in [0.15, 0.2) is 5.78 Å². The van der Waals surface area contributed by atoms with Gasteiger partial charge in [-0.3, -0.25) is 9.69 Å². The Kier molecular flexibility index (Phi) is 4.79. The number of carbonyl (C=O) groups is 1. The third kappa shape index (κ3) is 2.94. The third-order valence-electron chi connectivity index (χ3n) is 4.98. The smallest absolute Gasteiger partial charge is 0.154 e. The average Bonchev–Trinajstić information content (AvgIpc) is 2.40. The van der Waals surface area contributed by atoms with E-state index in [1.54, 1.807) is 0 Å². The van der Waals surface area contributed by atoms with Gasteiger partial charge in [-0.1, -0.05) is 26.2 Å². The highest BCUT2D eigenvalue weighted by atomic mass is 16.1. The monoisotopic (exact) mass is 252 g/mol. The molecule has 0 radical (unpaired) electrons. The summed E-state index contributed by atoms with van der Waals surface area (Å²) in [5.41, 5.74) is 0. The van der Waals surface area contributed by atoms with Crippen molar-refractivity contribution in [3.63, 3.8) is 0 Å². The van der Waals surface area contributed by atoms with Gasteiger partial charge in [-0.2, -0.15) is 0 Å². The maximum atomic E-state index is 12.8. The topological polar surface area (TPSA) is 23.6 Å². The van der Waals surface area contributed by atoms with Crippen molar-refractivity contribution in [1.29, 1.82) is 0 Å². The van der Waals surface area contributed by atoms with Crippen LogP contribution in [-0.2, 0) is 4.79 Å². The number of hydrogen-bond acceptors (Lipinski definition) is 3. The average molecular weight is 252 g/mol. The minimum absolute atomic E-state index is 0.140. The van der Waals surface area contributed by atoms with Gasteiger partial charge in [0.05, 0.1) is 6.04 Å². The van der Waals surface area contributed by atoms with Crippen LogP contribution in [0.4, 0.5) is 0 Å². The van der Waals surface area contributed by atoms with Crippen LogP contribution >= 0.6 is 0 Å². The van der Waals surface area contributed by atoms with Crippen molar-refractivity contribution in [1.82, 2.24) is 9.80 Å². The molecule has 0 spiro atoms. The van der Waals surface area contributed by atoms with E-state index in [1.165, 1.54) is 25.7 Å². The molecule has 1 saturated heterocycles. The minimum atomic E-state index is 0.140. The van der Waals surface area contributed by atoms with E-state index in [4.69, 9.17) is 0 Å². The second-order valence-electron chi connectivity index (χ2n) is 6.22.